The molecule has 0 N–H and O–H groups in total. The topological polar surface area (TPSA) is 30.0 Å². The molecule has 5 nitrogen and oxygen atoms in total. The summed E-state index contributed by atoms with van der Waals surface area (Å²) in [5, 5.41) is 0. The molecule has 1 aliphatic heterocycles. The molecule has 0 spiro atoms. The van der Waals surface area contributed by atoms with Gasteiger partial charge in [-0.25, -0.2) is 8.78 Å². The van der Waals surface area contributed by atoms with Crippen molar-refractivity contribution in [1.82, 2.24) is 14.7 Å². The molecule has 1 unspecified atom stereocenters. The number of carbonyl (C=O) groups is 1. The molecular formula is C24H32F2N4O. The van der Waals surface area contributed by atoms with Gasteiger partial charge in [-0.1, -0.05) is 18.2 Å². The van der Waals surface area contributed by atoms with E-state index in [1.165, 1.54) is 12.1 Å². The number of halogens is 2. The Morgan fingerprint density at radius 2 is 1.65 bits per heavy atom. The highest BCUT2D eigenvalue weighted by Crippen LogP contribution is 2.24. The van der Waals surface area contributed by atoms with E-state index in [1.807, 2.05) is 45.1 Å². The summed E-state index contributed by atoms with van der Waals surface area (Å²) >= 11 is 0. The van der Waals surface area contributed by atoms with Crippen LogP contribution in [0.4, 0.5) is 14.5 Å². The Hall–Kier alpha value is -2.51. The third-order valence-corrected chi connectivity index (χ3v) is 6.02. The summed E-state index contributed by atoms with van der Waals surface area (Å²) in [6.07, 6.45) is 0. The van der Waals surface area contributed by atoms with Gasteiger partial charge in [-0.3, -0.25) is 14.6 Å². The van der Waals surface area contributed by atoms with Crippen LogP contribution in [0.1, 0.15) is 24.1 Å². The lowest BCUT2D eigenvalue weighted by molar-refractivity contribution is -0.132. The van der Waals surface area contributed by atoms with Gasteiger partial charge in [0.1, 0.15) is 11.6 Å². The Morgan fingerprint density at radius 1 is 1.00 bits per heavy atom. The van der Waals surface area contributed by atoms with Crippen molar-refractivity contribution in [2.45, 2.75) is 19.5 Å². The van der Waals surface area contributed by atoms with E-state index < -0.39 is 11.6 Å². The summed E-state index contributed by atoms with van der Waals surface area (Å²) in [5.41, 5.74) is 2.73. The van der Waals surface area contributed by atoms with Crippen LogP contribution in [0.15, 0.2) is 42.5 Å². The molecule has 1 fully saturated rings. The monoisotopic (exact) mass is 430 g/mol. The van der Waals surface area contributed by atoms with Crippen LogP contribution in [0.25, 0.3) is 0 Å². The first kappa shape index (κ1) is 23.2. The van der Waals surface area contributed by atoms with Gasteiger partial charge in [-0.2, -0.15) is 0 Å². The van der Waals surface area contributed by atoms with E-state index in [4.69, 9.17) is 0 Å². The van der Waals surface area contributed by atoms with Gasteiger partial charge in [-0.05, 0) is 30.7 Å². The lowest BCUT2D eigenvalue weighted by atomic mass is 10.1. The summed E-state index contributed by atoms with van der Waals surface area (Å²) in [4.78, 5) is 20.8. The van der Waals surface area contributed by atoms with E-state index in [0.29, 0.717) is 18.7 Å². The van der Waals surface area contributed by atoms with Crippen LogP contribution >= 0.6 is 0 Å². The largest absolute Gasteiger partial charge is 0.378 e. The highest BCUT2D eigenvalue weighted by Gasteiger charge is 2.25. The third kappa shape index (κ3) is 6.02. The highest BCUT2D eigenvalue weighted by molar-refractivity contribution is 5.78. The molecule has 1 amide bonds. The Kier molecular flexibility index (Phi) is 7.62. The molecule has 0 saturated carbocycles. The van der Waals surface area contributed by atoms with Gasteiger partial charge in [0.25, 0.3) is 0 Å². The number of nitrogens with zero attached hydrogens (tertiary/aromatic N) is 4. The molecule has 0 aliphatic carbocycles. The Labute approximate surface area is 183 Å². The molecule has 0 radical (unpaired) electrons. The predicted octanol–water partition coefficient (Wildman–Crippen LogP) is 3.37. The first-order valence-corrected chi connectivity index (χ1v) is 10.7. The minimum atomic E-state index is -0.561. The van der Waals surface area contributed by atoms with E-state index in [0.717, 1.165) is 43.5 Å². The zero-order valence-electron chi connectivity index (χ0n) is 18.8. The van der Waals surface area contributed by atoms with Crippen LogP contribution in [-0.4, -0.2) is 74.5 Å². The standard InChI is InChI=1S/C24H32F2N4O/c1-18(22-10-7-20(25)15-23(22)26)30-13-11-29(12-14-30)17-24(31)28(4)16-19-5-8-21(9-6-19)27(2)3/h5-10,15,18H,11-14,16-17H2,1-4H3. The molecule has 7 heteroatoms. The highest BCUT2D eigenvalue weighted by atomic mass is 19.1. The molecule has 1 atom stereocenters. The molecule has 1 heterocycles. The van der Waals surface area contributed by atoms with Gasteiger partial charge in [0, 0.05) is 77.2 Å². The summed E-state index contributed by atoms with van der Waals surface area (Å²) in [7, 11) is 5.83. The minimum Gasteiger partial charge on any atom is -0.378 e. The quantitative estimate of drug-likeness (QED) is 0.674. The third-order valence-electron chi connectivity index (χ3n) is 6.02. The number of rotatable bonds is 7. The van der Waals surface area contributed by atoms with Crippen molar-refractivity contribution in [3.63, 3.8) is 0 Å². The van der Waals surface area contributed by atoms with Crippen molar-refractivity contribution < 1.29 is 13.6 Å². The van der Waals surface area contributed by atoms with Crippen molar-refractivity contribution in [2.75, 3.05) is 58.8 Å². The van der Waals surface area contributed by atoms with Crippen LogP contribution in [0.2, 0.25) is 0 Å². The first-order chi connectivity index (χ1) is 14.7. The first-order valence-electron chi connectivity index (χ1n) is 10.7. The lowest BCUT2D eigenvalue weighted by Crippen LogP contribution is -2.50. The number of carbonyl (C=O) groups excluding carboxylic acids is 1. The number of hydrogen-bond donors (Lipinski definition) is 0. The number of likely N-dealkylation sites (N-methyl/N-ethyl adjacent to an activating group) is 1. The second kappa shape index (κ2) is 10.2. The number of anilines is 1. The van der Waals surface area contributed by atoms with Crippen molar-refractivity contribution in [1.29, 1.82) is 0 Å². The van der Waals surface area contributed by atoms with Gasteiger partial charge in [0.05, 0.1) is 6.54 Å². The van der Waals surface area contributed by atoms with Crippen molar-refractivity contribution >= 4 is 11.6 Å². The molecule has 0 aromatic heterocycles. The molecule has 168 valence electrons. The minimum absolute atomic E-state index is 0.0859. The average Bonchev–Trinajstić information content (AvgIpc) is 2.74. The SMILES string of the molecule is CC(c1ccc(F)cc1F)N1CCN(CC(=O)N(C)Cc2ccc(N(C)C)cc2)CC1. The van der Waals surface area contributed by atoms with Gasteiger partial charge in [0.15, 0.2) is 0 Å². The van der Waals surface area contributed by atoms with E-state index >= 15 is 0 Å². The van der Waals surface area contributed by atoms with Crippen molar-refractivity contribution in [3.05, 3.63) is 65.2 Å². The predicted molar refractivity (Wildman–Crippen MR) is 120 cm³/mol. The average molecular weight is 431 g/mol. The molecule has 2 aromatic carbocycles. The normalized spacial score (nSPS) is 16.2. The van der Waals surface area contributed by atoms with Crippen LogP contribution in [0.3, 0.4) is 0 Å². The fraction of sp³-hybridized carbons (Fsp3) is 0.458. The fourth-order valence-corrected chi connectivity index (χ4v) is 3.92. The second-order valence-electron chi connectivity index (χ2n) is 8.46. The smallest absolute Gasteiger partial charge is 0.236 e. The molecule has 1 aliphatic rings. The number of hydrogen-bond acceptors (Lipinski definition) is 4. The Bertz CT molecular complexity index is 880. The van der Waals surface area contributed by atoms with E-state index in [-0.39, 0.29) is 11.9 Å². The van der Waals surface area contributed by atoms with Crippen LogP contribution in [0, 0.1) is 11.6 Å². The molecule has 3 rings (SSSR count). The van der Waals surface area contributed by atoms with Crippen LogP contribution < -0.4 is 4.90 Å². The molecule has 1 saturated heterocycles. The summed E-state index contributed by atoms with van der Waals surface area (Å²) in [6.45, 7) is 5.84. The van der Waals surface area contributed by atoms with E-state index in [1.54, 1.807) is 4.90 Å². The lowest BCUT2D eigenvalue weighted by Gasteiger charge is -2.38. The number of piperazine rings is 1. The zero-order valence-corrected chi connectivity index (χ0v) is 18.8. The number of benzene rings is 2. The van der Waals surface area contributed by atoms with Gasteiger partial charge >= 0.3 is 0 Å². The van der Waals surface area contributed by atoms with Gasteiger partial charge < -0.3 is 9.80 Å². The van der Waals surface area contributed by atoms with Crippen LogP contribution in [-0.2, 0) is 11.3 Å². The van der Waals surface area contributed by atoms with E-state index in [2.05, 4.69) is 21.9 Å². The van der Waals surface area contributed by atoms with Crippen LogP contribution in [0.5, 0.6) is 0 Å². The summed E-state index contributed by atoms with van der Waals surface area (Å²) in [6, 6.07) is 11.8. The molecule has 31 heavy (non-hydrogen) atoms. The Balaban J connectivity index is 1.47. The van der Waals surface area contributed by atoms with Crippen molar-refractivity contribution in [3.8, 4) is 0 Å². The maximum Gasteiger partial charge on any atom is 0.236 e. The fourth-order valence-electron chi connectivity index (χ4n) is 3.92. The van der Waals surface area contributed by atoms with Gasteiger partial charge in [-0.15, -0.1) is 0 Å². The molecule has 2 aromatic rings. The summed E-state index contributed by atoms with van der Waals surface area (Å²) < 4.78 is 27.3. The van der Waals surface area contributed by atoms with Crippen molar-refractivity contribution in [2.24, 2.45) is 0 Å². The maximum absolute atomic E-state index is 14.1. The molecule has 0 bridgehead atoms. The maximum atomic E-state index is 14.1. The second-order valence-corrected chi connectivity index (χ2v) is 8.46. The van der Waals surface area contributed by atoms with E-state index in [9.17, 15) is 13.6 Å². The van der Waals surface area contributed by atoms with Gasteiger partial charge in [0.2, 0.25) is 5.91 Å². The molecular weight excluding hydrogens is 398 g/mol. The Morgan fingerprint density at radius 3 is 2.23 bits per heavy atom. The number of amides is 1. The zero-order chi connectivity index (χ0) is 22.5. The summed E-state index contributed by atoms with van der Waals surface area (Å²) in [5.74, 6) is -0.984.